The van der Waals surface area contributed by atoms with E-state index in [-0.39, 0.29) is 10.7 Å². The largest absolute Gasteiger partial charge is 0.444 e. The molecule has 1 aliphatic heterocycles. The standard InChI is InChI=1S/C15H18ClFN2O3S/c1-15(2,3)22-14(21)19-8-23-7-12(19)13(20)18-11-5-4-9(16)6-10(11)17/h4-6,12H,7-8H2,1-3H3,(H,18,20)/t12-/m1/s1. The summed E-state index contributed by atoms with van der Waals surface area (Å²) < 4.78 is 19.1. The second-order valence-electron chi connectivity index (χ2n) is 6.08. The molecule has 1 N–H and O–H groups in total. The van der Waals surface area contributed by atoms with E-state index >= 15 is 0 Å². The number of hydrogen-bond donors (Lipinski definition) is 1. The maximum atomic E-state index is 13.8. The van der Waals surface area contributed by atoms with E-state index in [0.717, 1.165) is 6.07 Å². The van der Waals surface area contributed by atoms with Crippen molar-refractivity contribution in [2.75, 3.05) is 16.9 Å². The Morgan fingerprint density at radius 1 is 1.43 bits per heavy atom. The van der Waals surface area contributed by atoms with Crippen LogP contribution in [0, 0.1) is 5.82 Å². The molecule has 1 atom stereocenters. The summed E-state index contributed by atoms with van der Waals surface area (Å²) in [6, 6.07) is 3.28. The molecule has 1 aliphatic rings. The Kier molecular flexibility index (Phi) is 5.41. The van der Waals surface area contributed by atoms with Crippen molar-refractivity contribution in [3.8, 4) is 0 Å². The summed E-state index contributed by atoms with van der Waals surface area (Å²) in [5, 5.41) is 2.73. The minimum absolute atomic E-state index is 0.0282. The summed E-state index contributed by atoms with van der Waals surface area (Å²) in [7, 11) is 0. The first-order valence-corrected chi connectivity index (χ1v) is 8.54. The van der Waals surface area contributed by atoms with Gasteiger partial charge in [-0.25, -0.2) is 9.18 Å². The van der Waals surface area contributed by atoms with Gasteiger partial charge in [-0.15, -0.1) is 11.8 Å². The van der Waals surface area contributed by atoms with Crippen LogP contribution in [0.5, 0.6) is 0 Å². The monoisotopic (exact) mass is 360 g/mol. The summed E-state index contributed by atoms with van der Waals surface area (Å²) >= 11 is 7.12. The lowest BCUT2D eigenvalue weighted by Gasteiger charge is -2.27. The molecule has 2 amide bonds. The predicted octanol–water partition coefficient (Wildman–Crippen LogP) is 3.73. The van der Waals surface area contributed by atoms with Crippen LogP contribution in [0.15, 0.2) is 18.2 Å². The molecule has 8 heteroatoms. The van der Waals surface area contributed by atoms with Gasteiger partial charge in [0, 0.05) is 10.8 Å². The summed E-state index contributed by atoms with van der Waals surface area (Å²) in [6.45, 7) is 5.27. The van der Waals surface area contributed by atoms with Gasteiger partial charge in [0.25, 0.3) is 0 Å². The Balaban J connectivity index is 2.07. The van der Waals surface area contributed by atoms with E-state index in [4.69, 9.17) is 16.3 Å². The Labute approximate surface area is 143 Å². The fourth-order valence-corrected chi connectivity index (χ4v) is 3.27. The minimum atomic E-state index is -0.704. The highest BCUT2D eigenvalue weighted by Gasteiger charge is 2.37. The first kappa shape index (κ1) is 17.9. The molecule has 5 nitrogen and oxygen atoms in total. The highest BCUT2D eigenvalue weighted by atomic mass is 35.5. The molecule has 1 aromatic carbocycles. The highest BCUT2D eigenvalue weighted by Crippen LogP contribution is 2.25. The third-order valence-electron chi connectivity index (χ3n) is 3.00. The molecule has 1 fully saturated rings. The van der Waals surface area contributed by atoms with Crippen LogP contribution in [0.4, 0.5) is 14.9 Å². The van der Waals surface area contributed by atoms with Crippen molar-refractivity contribution in [3.05, 3.63) is 29.0 Å². The number of carbonyl (C=O) groups excluding carboxylic acids is 2. The van der Waals surface area contributed by atoms with Crippen molar-refractivity contribution < 1.29 is 18.7 Å². The zero-order valence-corrected chi connectivity index (χ0v) is 14.6. The van der Waals surface area contributed by atoms with Crippen LogP contribution in [0.25, 0.3) is 0 Å². The summed E-state index contributed by atoms with van der Waals surface area (Å²) in [5.74, 6) is -0.293. The van der Waals surface area contributed by atoms with E-state index in [1.165, 1.54) is 28.8 Å². The number of halogens is 2. The molecule has 1 aromatic rings. The van der Waals surface area contributed by atoms with Crippen LogP contribution >= 0.6 is 23.4 Å². The molecule has 0 aromatic heterocycles. The number of ether oxygens (including phenoxy) is 1. The van der Waals surface area contributed by atoms with Crippen LogP contribution in [-0.4, -0.2) is 40.2 Å². The second-order valence-corrected chi connectivity index (χ2v) is 7.52. The molecule has 0 saturated carbocycles. The molecule has 0 spiro atoms. The van der Waals surface area contributed by atoms with Crippen molar-refractivity contribution >= 4 is 41.1 Å². The zero-order chi connectivity index (χ0) is 17.2. The maximum Gasteiger partial charge on any atom is 0.411 e. The van der Waals surface area contributed by atoms with Crippen molar-refractivity contribution in [1.82, 2.24) is 4.90 Å². The number of hydrogen-bond acceptors (Lipinski definition) is 4. The average molecular weight is 361 g/mol. The molecule has 0 radical (unpaired) electrons. The van der Waals surface area contributed by atoms with E-state index in [1.807, 2.05) is 0 Å². The zero-order valence-electron chi connectivity index (χ0n) is 13.1. The lowest BCUT2D eigenvalue weighted by atomic mass is 10.2. The topological polar surface area (TPSA) is 58.6 Å². The quantitative estimate of drug-likeness (QED) is 0.873. The van der Waals surface area contributed by atoms with Gasteiger partial charge in [0.15, 0.2) is 0 Å². The molecular weight excluding hydrogens is 343 g/mol. The van der Waals surface area contributed by atoms with Gasteiger partial charge in [0.05, 0.1) is 11.6 Å². The smallest absolute Gasteiger partial charge is 0.411 e. The lowest BCUT2D eigenvalue weighted by molar-refractivity contribution is -0.120. The highest BCUT2D eigenvalue weighted by molar-refractivity contribution is 7.99. The SMILES string of the molecule is CC(C)(C)OC(=O)N1CSC[C@@H]1C(=O)Nc1ccc(Cl)cc1F. The molecule has 0 bridgehead atoms. The lowest BCUT2D eigenvalue weighted by Crippen LogP contribution is -2.46. The van der Waals surface area contributed by atoms with Crippen LogP contribution in [0.3, 0.4) is 0 Å². The average Bonchev–Trinajstić information content (AvgIpc) is 2.89. The van der Waals surface area contributed by atoms with Crippen LogP contribution < -0.4 is 5.32 Å². The van der Waals surface area contributed by atoms with Crippen molar-refractivity contribution in [1.29, 1.82) is 0 Å². The third-order valence-corrected chi connectivity index (χ3v) is 4.25. The summed E-state index contributed by atoms with van der Waals surface area (Å²) in [5.41, 5.74) is -0.617. The molecule has 23 heavy (non-hydrogen) atoms. The maximum absolute atomic E-state index is 13.8. The predicted molar refractivity (Wildman–Crippen MR) is 89.2 cm³/mol. The molecule has 2 rings (SSSR count). The Bertz CT molecular complexity index is 621. The molecule has 0 unspecified atom stereocenters. The molecule has 0 aliphatic carbocycles. The van der Waals surface area contributed by atoms with E-state index in [1.54, 1.807) is 20.8 Å². The number of nitrogens with one attached hydrogen (secondary N) is 1. The van der Waals surface area contributed by atoms with Gasteiger partial charge in [0.2, 0.25) is 5.91 Å². The first-order valence-electron chi connectivity index (χ1n) is 7.00. The Morgan fingerprint density at radius 3 is 2.74 bits per heavy atom. The second kappa shape index (κ2) is 6.97. The summed E-state index contributed by atoms with van der Waals surface area (Å²) in [6.07, 6.45) is -0.556. The number of amides is 2. The first-order chi connectivity index (χ1) is 10.7. The number of nitrogens with zero attached hydrogens (tertiary/aromatic N) is 1. The fraction of sp³-hybridized carbons (Fsp3) is 0.467. The van der Waals surface area contributed by atoms with Gasteiger partial charge in [-0.2, -0.15) is 0 Å². The van der Waals surface area contributed by atoms with Crippen molar-refractivity contribution in [3.63, 3.8) is 0 Å². The Morgan fingerprint density at radius 2 is 2.13 bits per heavy atom. The normalized spacial score (nSPS) is 18.0. The van der Waals surface area contributed by atoms with E-state index in [0.29, 0.717) is 11.6 Å². The third kappa shape index (κ3) is 4.75. The van der Waals surface area contributed by atoms with Gasteiger partial charge in [-0.05, 0) is 39.0 Å². The summed E-state index contributed by atoms with van der Waals surface area (Å²) in [4.78, 5) is 25.9. The van der Waals surface area contributed by atoms with E-state index < -0.39 is 29.5 Å². The fourth-order valence-electron chi connectivity index (χ4n) is 1.97. The number of thioether (sulfide) groups is 1. The van der Waals surface area contributed by atoms with Crippen LogP contribution in [0.1, 0.15) is 20.8 Å². The van der Waals surface area contributed by atoms with Gasteiger partial charge in [-0.3, -0.25) is 9.69 Å². The minimum Gasteiger partial charge on any atom is -0.444 e. The number of rotatable bonds is 2. The van der Waals surface area contributed by atoms with Crippen molar-refractivity contribution in [2.24, 2.45) is 0 Å². The van der Waals surface area contributed by atoms with Gasteiger partial charge < -0.3 is 10.1 Å². The Hall–Kier alpha value is -1.47. The van der Waals surface area contributed by atoms with Crippen LogP contribution in [-0.2, 0) is 9.53 Å². The van der Waals surface area contributed by atoms with Gasteiger partial charge >= 0.3 is 6.09 Å². The number of anilines is 1. The number of carbonyl (C=O) groups is 2. The molecule has 1 heterocycles. The van der Waals surface area contributed by atoms with E-state index in [9.17, 15) is 14.0 Å². The number of benzene rings is 1. The van der Waals surface area contributed by atoms with Gasteiger partial charge in [0.1, 0.15) is 17.5 Å². The van der Waals surface area contributed by atoms with Crippen molar-refractivity contribution in [2.45, 2.75) is 32.4 Å². The molecule has 1 saturated heterocycles. The molecular formula is C15H18ClFN2O3S. The van der Waals surface area contributed by atoms with E-state index in [2.05, 4.69) is 5.32 Å². The van der Waals surface area contributed by atoms with Crippen LogP contribution in [0.2, 0.25) is 5.02 Å². The van der Waals surface area contributed by atoms with Gasteiger partial charge in [-0.1, -0.05) is 11.6 Å². The molecule has 126 valence electrons.